The summed E-state index contributed by atoms with van der Waals surface area (Å²) in [6.45, 7) is 10.1. The first kappa shape index (κ1) is 12.9. The number of hydrogen-bond donors (Lipinski definition) is 1. The fourth-order valence-electron chi connectivity index (χ4n) is 3.68. The van der Waals surface area contributed by atoms with Crippen LogP contribution in [-0.4, -0.2) is 61.2 Å². The van der Waals surface area contributed by atoms with Crippen molar-refractivity contribution in [2.45, 2.75) is 51.1 Å². The molecule has 0 radical (unpaired) electrons. The third kappa shape index (κ3) is 3.06. The molecule has 0 aromatic heterocycles. The fourth-order valence-corrected chi connectivity index (χ4v) is 3.68. The lowest BCUT2D eigenvalue weighted by Crippen LogP contribution is -2.37. The topological polar surface area (TPSA) is 18.5 Å². The van der Waals surface area contributed by atoms with Gasteiger partial charge in [-0.1, -0.05) is 6.92 Å². The van der Waals surface area contributed by atoms with Crippen LogP contribution in [0.2, 0.25) is 0 Å². The van der Waals surface area contributed by atoms with Gasteiger partial charge in [-0.15, -0.1) is 0 Å². The monoisotopic (exact) mass is 251 g/mol. The summed E-state index contributed by atoms with van der Waals surface area (Å²) in [5.41, 5.74) is 0. The van der Waals surface area contributed by atoms with E-state index >= 15 is 0 Å². The van der Waals surface area contributed by atoms with E-state index < -0.39 is 0 Å². The number of rotatable bonds is 6. The van der Waals surface area contributed by atoms with E-state index in [-0.39, 0.29) is 0 Å². The molecule has 0 bridgehead atoms. The second kappa shape index (κ2) is 5.89. The third-order valence-corrected chi connectivity index (χ3v) is 4.95. The SMILES string of the molecule is CCCNCC1CCN(C2CCN(C3CC3)C2)C1. The Balaban J connectivity index is 1.39. The van der Waals surface area contributed by atoms with Gasteiger partial charge in [0.25, 0.3) is 0 Å². The molecule has 2 atom stereocenters. The minimum atomic E-state index is 0.877. The van der Waals surface area contributed by atoms with Gasteiger partial charge < -0.3 is 5.32 Å². The number of hydrogen-bond acceptors (Lipinski definition) is 3. The van der Waals surface area contributed by atoms with Gasteiger partial charge in [-0.05, 0) is 57.7 Å². The Morgan fingerprint density at radius 3 is 2.50 bits per heavy atom. The maximum Gasteiger partial charge on any atom is 0.0235 e. The van der Waals surface area contributed by atoms with E-state index in [1.54, 1.807) is 0 Å². The predicted molar refractivity (Wildman–Crippen MR) is 75.8 cm³/mol. The summed E-state index contributed by atoms with van der Waals surface area (Å²) in [6, 6.07) is 1.85. The van der Waals surface area contributed by atoms with Crippen molar-refractivity contribution in [3.8, 4) is 0 Å². The third-order valence-electron chi connectivity index (χ3n) is 4.95. The number of nitrogens with zero attached hydrogens (tertiary/aromatic N) is 2. The summed E-state index contributed by atoms with van der Waals surface area (Å²) in [6.07, 6.45) is 7.03. The van der Waals surface area contributed by atoms with Crippen LogP contribution in [0.3, 0.4) is 0 Å². The van der Waals surface area contributed by atoms with Gasteiger partial charge in [0.2, 0.25) is 0 Å². The average molecular weight is 251 g/mol. The number of likely N-dealkylation sites (tertiary alicyclic amines) is 2. The van der Waals surface area contributed by atoms with Crippen LogP contribution < -0.4 is 5.32 Å². The molecule has 3 aliphatic rings. The quantitative estimate of drug-likeness (QED) is 0.723. The van der Waals surface area contributed by atoms with Gasteiger partial charge in [0, 0.05) is 31.7 Å². The molecule has 3 fully saturated rings. The van der Waals surface area contributed by atoms with Gasteiger partial charge in [0.15, 0.2) is 0 Å². The van der Waals surface area contributed by atoms with E-state index in [1.807, 2.05) is 0 Å². The molecular formula is C15H29N3. The molecule has 2 unspecified atom stereocenters. The molecule has 2 heterocycles. The molecule has 18 heavy (non-hydrogen) atoms. The minimum Gasteiger partial charge on any atom is -0.316 e. The maximum atomic E-state index is 3.59. The molecule has 1 N–H and O–H groups in total. The van der Waals surface area contributed by atoms with Gasteiger partial charge in [0.05, 0.1) is 0 Å². The standard InChI is InChI=1S/C15H29N3/c1-2-7-16-10-13-5-8-17(11-13)15-6-9-18(12-15)14-3-4-14/h13-16H,2-12H2,1H3. The predicted octanol–water partition coefficient (Wildman–Crippen LogP) is 1.54. The number of nitrogens with one attached hydrogen (secondary N) is 1. The molecule has 1 saturated carbocycles. The summed E-state index contributed by atoms with van der Waals surface area (Å²) < 4.78 is 0. The lowest BCUT2D eigenvalue weighted by molar-refractivity contribution is 0.222. The van der Waals surface area contributed by atoms with Gasteiger partial charge in [-0.2, -0.15) is 0 Å². The molecule has 0 aromatic carbocycles. The van der Waals surface area contributed by atoms with Crippen LogP contribution in [0.25, 0.3) is 0 Å². The van der Waals surface area contributed by atoms with Crippen LogP contribution in [0.15, 0.2) is 0 Å². The maximum absolute atomic E-state index is 3.59. The normalized spacial score (nSPS) is 34.5. The highest BCUT2D eigenvalue weighted by molar-refractivity contribution is 4.94. The highest BCUT2D eigenvalue weighted by Crippen LogP contribution is 2.32. The van der Waals surface area contributed by atoms with Crippen molar-refractivity contribution < 1.29 is 0 Å². The van der Waals surface area contributed by atoms with E-state index in [0.29, 0.717) is 0 Å². The van der Waals surface area contributed by atoms with Crippen molar-refractivity contribution in [2.75, 3.05) is 39.3 Å². The van der Waals surface area contributed by atoms with Crippen molar-refractivity contribution >= 4 is 0 Å². The molecular weight excluding hydrogens is 222 g/mol. The van der Waals surface area contributed by atoms with Crippen molar-refractivity contribution in [2.24, 2.45) is 5.92 Å². The summed E-state index contributed by atoms with van der Waals surface area (Å²) >= 11 is 0. The molecule has 3 nitrogen and oxygen atoms in total. The Labute approximate surface area is 112 Å². The molecule has 1 aliphatic carbocycles. The van der Waals surface area contributed by atoms with Crippen molar-refractivity contribution in [1.82, 2.24) is 15.1 Å². The van der Waals surface area contributed by atoms with Gasteiger partial charge in [-0.3, -0.25) is 9.80 Å². The molecule has 2 saturated heterocycles. The Morgan fingerprint density at radius 1 is 0.944 bits per heavy atom. The second-order valence-corrected chi connectivity index (χ2v) is 6.52. The zero-order valence-electron chi connectivity index (χ0n) is 11.9. The Kier molecular flexibility index (Phi) is 4.22. The van der Waals surface area contributed by atoms with Crippen LogP contribution in [0.1, 0.15) is 39.0 Å². The van der Waals surface area contributed by atoms with Gasteiger partial charge in [-0.25, -0.2) is 0 Å². The van der Waals surface area contributed by atoms with Crippen molar-refractivity contribution in [3.05, 3.63) is 0 Å². The van der Waals surface area contributed by atoms with Crippen LogP contribution in [0, 0.1) is 5.92 Å². The summed E-state index contributed by atoms with van der Waals surface area (Å²) in [4.78, 5) is 5.52. The summed E-state index contributed by atoms with van der Waals surface area (Å²) in [5.74, 6) is 0.909. The molecule has 0 spiro atoms. The largest absolute Gasteiger partial charge is 0.316 e. The zero-order valence-corrected chi connectivity index (χ0v) is 11.9. The molecule has 3 rings (SSSR count). The molecule has 3 heteroatoms. The second-order valence-electron chi connectivity index (χ2n) is 6.52. The van der Waals surface area contributed by atoms with E-state index in [4.69, 9.17) is 0 Å². The highest BCUT2D eigenvalue weighted by Gasteiger charge is 2.38. The van der Waals surface area contributed by atoms with Crippen LogP contribution >= 0.6 is 0 Å². The first-order valence-electron chi connectivity index (χ1n) is 8.05. The van der Waals surface area contributed by atoms with Crippen LogP contribution in [0.4, 0.5) is 0 Å². The van der Waals surface area contributed by atoms with Crippen LogP contribution in [0.5, 0.6) is 0 Å². The summed E-state index contributed by atoms with van der Waals surface area (Å²) in [7, 11) is 0. The molecule has 2 aliphatic heterocycles. The zero-order chi connectivity index (χ0) is 12.4. The van der Waals surface area contributed by atoms with Gasteiger partial charge in [0.1, 0.15) is 0 Å². The smallest absolute Gasteiger partial charge is 0.0235 e. The first-order chi connectivity index (χ1) is 8.86. The Morgan fingerprint density at radius 2 is 1.72 bits per heavy atom. The average Bonchev–Trinajstić information content (AvgIpc) is 2.93. The highest BCUT2D eigenvalue weighted by atomic mass is 15.3. The van der Waals surface area contributed by atoms with E-state index in [1.165, 1.54) is 71.4 Å². The van der Waals surface area contributed by atoms with Crippen molar-refractivity contribution in [1.29, 1.82) is 0 Å². The molecule has 104 valence electrons. The fraction of sp³-hybridized carbons (Fsp3) is 1.00. The Hall–Kier alpha value is -0.120. The van der Waals surface area contributed by atoms with E-state index in [2.05, 4.69) is 22.0 Å². The Bertz CT molecular complexity index is 264. The summed E-state index contributed by atoms with van der Waals surface area (Å²) in [5, 5.41) is 3.59. The molecule has 0 amide bonds. The van der Waals surface area contributed by atoms with Gasteiger partial charge >= 0.3 is 0 Å². The lowest BCUT2D eigenvalue weighted by Gasteiger charge is -2.24. The lowest BCUT2D eigenvalue weighted by atomic mass is 10.1. The van der Waals surface area contributed by atoms with Crippen molar-refractivity contribution in [3.63, 3.8) is 0 Å². The first-order valence-corrected chi connectivity index (χ1v) is 8.05. The molecule has 0 aromatic rings. The minimum absolute atomic E-state index is 0.877. The van der Waals surface area contributed by atoms with Crippen LogP contribution in [-0.2, 0) is 0 Å². The van der Waals surface area contributed by atoms with E-state index in [0.717, 1.165) is 18.0 Å². The van der Waals surface area contributed by atoms with E-state index in [9.17, 15) is 0 Å².